The summed E-state index contributed by atoms with van der Waals surface area (Å²) in [4.78, 5) is 21.0. The van der Waals surface area contributed by atoms with Crippen LogP contribution in [-0.4, -0.2) is 53.0 Å². The standard InChI is InChI=1S/C28H34N4O2S/c1-4-34-23-9-6-21(7-10-23)24-18-32-25-11-8-22(15-26(25)35-28(32)30-24)27(33)29-12-5-13-31-16-19(2)14-20(3)17-31/h6-11,15,18-20H,4-5,12-14,16-17H2,1-3H3,(H,29,33)/t19-,20+. The highest BCUT2D eigenvalue weighted by molar-refractivity contribution is 7.23. The molecular formula is C28H34N4O2S. The number of ether oxygens (including phenoxy) is 1. The average molecular weight is 491 g/mol. The molecule has 1 fully saturated rings. The number of aromatic nitrogens is 2. The quantitative estimate of drug-likeness (QED) is 0.321. The molecule has 2 aromatic carbocycles. The van der Waals surface area contributed by atoms with Crippen LogP contribution in [0.4, 0.5) is 0 Å². The van der Waals surface area contributed by atoms with Crippen molar-refractivity contribution in [2.24, 2.45) is 11.8 Å². The molecule has 6 nitrogen and oxygen atoms in total. The third-order valence-corrected chi connectivity index (χ3v) is 7.72. The van der Waals surface area contributed by atoms with Gasteiger partial charge in [-0.1, -0.05) is 25.2 Å². The first-order valence-electron chi connectivity index (χ1n) is 12.7. The van der Waals surface area contributed by atoms with Crippen LogP contribution in [0.25, 0.3) is 26.4 Å². The second-order valence-corrected chi connectivity index (χ2v) is 10.8. The van der Waals surface area contributed by atoms with Gasteiger partial charge in [-0.3, -0.25) is 9.20 Å². The average Bonchev–Trinajstić information content (AvgIpc) is 3.39. The van der Waals surface area contributed by atoms with Gasteiger partial charge in [0.15, 0.2) is 4.96 Å². The number of fused-ring (bicyclic) bond motifs is 3. The van der Waals surface area contributed by atoms with Crippen LogP contribution in [0.3, 0.4) is 0 Å². The van der Waals surface area contributed by atoms with Gasteiger partial charge in [-0.25, -0.2) is 4.98 Å². The smallest absolute Gasteiger partial charge is 0.251 e. The molecule has 3 heterocycles. The molecule has 5 rings (SSSR count). The Morgan fingerprint density at radius 2 is 1.91 bits per heavy atom. The number of nitrogens with one attached hydrogen (secondary N) is 1. The fourth-order valence-electron chi connectivity index (χ4n) is 5.25. The van der Waals surface area contributed by atoms with Gasteiger partial charge in [0.1, 0.15) is 5.75 Å². The number of imidazole rings is 1. The minimum absolute atomic E-state index is 0.00611. The Balaban J connectivity index is 1.21. The fraction of sp³-hybridized carbons (Fsp3) is 0.429. The van der Waals surface area contributed by atoms with Gasteiger partial charge < -0.3 is 15.0 Å². The molecule has 4 aromatic rings. The lowest BCUT2D eigenvalue weighted by Crippen LogP contribution is -2.40. The molecule has 0 saturated carbocycles. The summed E-state index contributed by atoms with van der Waals surface area (Å²) in [5.74, 6) is 2.39. The number of hydrogen-bond donors (Lipinski definition) is 1. The predicted molar refractivity (Wildman–Crippen MR) is 144 cm³/mol. The van der Waals surface area contributed by atoms with E-state index in [1.165, 1.54) is 19.5 Å². The Labute approximate surface area is 210 Å². The number of likely N-dealkylation sites (tertiary alicyclic amines) is 1. The van der Waals surface area contributed by atoms with Crippen LogP contribution >= 0.6 is 11.3 Å². The highest BCUT2D eigenvalue weighted by Crippen LogP contribution is 2.31. The van der Waals surface area contributed by atoms with E-state index in [0.29, 0.717) is 18.7 Å². The van der Waals surface area contributed by atoms with E-state index in [1.807, 2.05) is 49.4 Å². The number of hydrogen-bond acceptors (Lipinski definition) is 5. The van der Waals surface area contributed by atoms with Gasteiger partial charge in [-0.05, 0) is 80.6 Å². The van der Waals surface area contributed by atoms with Crippen molar-refractivity contribution >= 4 is 32.4 Å². The second kappa shape index (κ2) is 10.4. The summed E-state index contributed by atoms with van der Waals surface area (Å²) in [6.07, 6.45) is 4.37. The molecule has 0 unspecified atom stereocenters. The van der Waals surface area contributed by atoms with E-state index in [1.54, 1.807) is 11.3 Å². The molecule has 2 aromatic heterocycles. The summed E-state index contributed by atoms with van der Waals surface area (Å²) in [6.45, 7) is 11.4. The molecule has 1 aliphatic rings. The summed E-state index contributed by atoms with van der Waals surface area (Å²) in [7, 11) is 0. The maximum Gasteiger partial charge on any atom is 0.251 e. The molecule has 1 aliphatic heterocycles. The van der Waals surface area contributed by atoms with Crippen LogP contribution in [0, 0.1) is 11.8 Å². The number of benzene rings is 2. The first-order valence-corrected chi connectivity index (χ1v) is 13.5. The van der Waals surface area contributed by atoms with Gasteiger partial charge in [0.25, 0.3) is 5.91 Å². The minimum Gasteiger partial charge on any atom is -0.494 e. The third-order valence-electron chi connectivity index (χ3n) is 6.70. The van der Waals surface area contributed by atoms with Crippen LogP contribution in [0.1, 0.15) is 44.0 Å². The molecule has 0 bridgehead atoms. The molecule has 35 heavy (non-hydrogen) atoms. The normalized spacial score (nSPS) is 18.8. The minimum atomic E-state index is -0.00611. The molecule has 0 spiro atoms. The summed E-state index contributed by atoms with van der Waals surface area (Å²) in [6, 6.07) is 13.9. The zero-order chi connectivity index (χ0) is 24.4. The molecule has 7 heteroatoms. The van der Waals surface area contributed by atoms with E-state index in [2.05, 4.69) is 34.7 Å². The van der Waals surface area contributed by atoms with E-state index >= 15 is 0 Å². The van der Waals surface area contributed by atoms with Gasteiger partial charge in [-0.15, -0.1) is 0 Å². The van der Waals surface area contributed by atoms with Crippen molar-refractivity contribution in [3.05, 3.63) is 54.2 Å². The molecule has 184 valence electrons. The second-order valence-electron chi connectivity index (χ2n) is 9.84. The first-order chi connectivity index (χ1) is 17.0. The van der Waals surface area contributed by atoms with Gasteiger partial charge in [0, 0.05) is 37.0 Å². The van der Waals surface area contributed by atoms with E-state index in [-0.39, 0.29) is 5.91 Å². The number of rotatable bonds is 8. The van der Waals surface area contributed by atoms with E-state index in [9.17, 15) is 4.79 Å². The maximum atomic E-state index is 12.8. The number of amides is 1. The molecular weight excluding hydrogens is 456 g/mol. The number of carbonyl (C=O) groups is 1. The zero-order valence-corrected chi connectivity index (χ0v) is 21.6. The van der Waals surface area contributed by atoms with Crippen LogP contribution < -0.4 is 10.1 Å². The lowest BCUT2D eigenvalue weighted by Gasteiger charge is -2.34. The summed E-state index contributed by atoms with van der Waals surface area (Å²) in [5.41, 5.74) is 3.76. The van der Waals surface area contributed by atoms with Gasteiger partial charge >= 0.3 is 0 Å². The van der Waals surface area contributed by atoms with Crippen molar-refractivity contribution in [2.45, 2.75) is 33.6 Å². The Bertz CT molecular complexity index is 1300. The van der Waals surface area contributed by atoms with Crippen molar-refractivity contribution in [3.8, 4) is 17.0 Å². The van der Waals surface area contributed by atoms with Crippen LogP contribution in [0.5, 0.6) is 5.75 Å². The maximum absolute atomic E-state index is 12.8. The lowest BCUT2D eigenvalue weighted by molar-refractivity contribution is 0.0947. The van der Waals surface area contributed by atoms with Crippen molar-refractivity contribution in [1.82, 2.24) is 19.6 Å². The summed E-state index contributed by atoms with van der Waals surface area (Å²) < 4.78 is 8.71. The first kappa shape index (κ1) is 23.8. The van der Waals surface area contributed by atoms with E-state index < -0.39 is 0 Å². The van der Waals surface area contributed by atoms with Crippen molar-refractivity contribution < 1.29 is 9.53 Å². The number of nitrogens with zero attached hydrogens (tertiary/aromatic N) is 3. The largest absolute Gasteiger partial charge is 0.494 e. The molecule has 1 saturated heterocycles. The number of piperidine rings is 1. The fourth-order valence-corrected chi connectivity index (χ4v) is 6.30. The lowest BCUT2D eigenvalue weighted by atomic mass is 9.92. The van der Waals surface area contributed by atoms with Crippen molar-refractivity contribution in [3.63, 3.8) is 0 Å². The number of thiazole rings is 1. The Hall–Kier alpha value is -2.90. The van der Waals surface area contributed by atoms with Crippen LogP contribution in [0.2, 0.25) is 0 Å². The van der Waals surface area contributed by atoms with Gasteiger partial charge in [0.2, 0.25) is 0 Å². The van der Waals surface area contributed by atoms with Crippen LogP contribution in [0.15, 0.2) is 48.7 Å². The Morgan fingerprint density at radius 3 is 2.66 bits per heavy atom. The van der Waals surface area contributed by atoms with Crippen LogP contribution in [-0.2, 0) is 0 Å². The summed E-state index contributed by atoms with van der Waals surface area (Å²) in [5, 5.41) is 3.10. The molecule has 1 amide bonds. The number of carbonyl (C=O) groups excluding carboxylic acids is 1. The Kier molecular flexibility index (Phi) is 7.07. The molecule has 0 aliphatic carbocycles. The molecule has 2 atom stereocenters. The third kappa shape index (κ3) is 5.36. The molecule has 0 radical (unpaired) electrons. The zero-order valence-electron chi connectivity index (χ0n) is 20.8. The Morgan fingerprint density at radius 1 is 1.14 bits per heavy atom. The highest BCUT2D eigenvalue weighted by Gasteiger charge is 2.21. The molecule has 1 N–H and O–H groups in total. The SMILES string of the molecule is CCOc1ccc(-c2cn3c(n2)sc2cc(C(=O)NCCCN4C[C@H](C)C[C@H](C)C4)ccc23)cc1. The monoisotopic (exact) mass is 490 g/mol. The predicted octanol–water partition coefficient (Wildman–Crippen LogP) is 5.71. The van der Waals surface area contributed by atoms with E-state index in [4.69, 9.17) is 9.72 Å². The van der Waals surface area contributed by atoms with Crippen molar-refractivity contribution in [2.75, 3.05) is 32.8 Å². The van der Waals surface area contributed by atoms with Crippen molar-refractivity contribution in [1.29, 1.82) is 0 Å². The highest BCUT2D eigenvalue weighted by atomic mass is 32.1. The van der Waals surface area contributed by atoms with E-state index in [0.717, 1.165) is 57.0 Å². The summed E-state index contributed by atoms with van der Waals surface area (Å²) >= 11 is 1.61. The topological polar surface area (TPSA) is 58.9 Å². The van der Waals surface area contributed by atoms with Gasteiger partial charge in [0.05, 0.1) is 22.5 Å². The van der Waals surface area contributed by atoms with Gasteiger partial charge in [-0.2, -0.15) is 0 Å².